The lowest BCUT2D eigenvalue weighted by atomic mass is 9.82. The Morgan fingerprint density at radius 2 is 2.05 bits per heavy atom. The molecular formula is C15H24N2O2. The van der Waals surface area contributed by atoms with Crippen LogP contribution in [0.1, 0.15) is 38.1 Å². The third kappa shape index (κ3) is 4.16. The molecule has 0 aromatic heterocycles. The average molecular weight is 264 g/mol. The van der Waals surface area contributed by atoms with Gasteiger partial charge in [-0.25, -0.2) is 0 Å². The number of methoxy groups -OCH3 is 1. The van der Waals surface area contributed by atoms with Crippen molar-refractivity contribution in [3.05, 3.63) is 23.8 Å². The monoisotopic (exact) mass is 264 g/mol. The molecule has 0 bridgehead atoms. The summed E-state index contributed by atoms with van der Waals surface area (Å²) in [7, 11) is 1.56. The second-order valence-electron chi connectivity index (χ2n) is 5.93. The molecule has 4 nitrogen and oxygen atoms in total. The zero-order valence-corrected chi connectivity index (χ0v) is 12.4. The van der Waals surface area contributed by atoms with Crippen LogP contribution < -0.4 is 15.8 Å². The first kappa shape index (κ1) is 15.3. The van der Waals surface area contributed by atoms with E-state index in [0.29, 0.717) is 29.5 Å². The first-order chi connectivity index (χ1) is 8.75. The number of amides is 1. The minimum Gasteiger partial charge on any atom is -0.497 e. The Hall–Kier alpha value is -1.71. The van der Waals surface area contributed by atoms with Gasteiger partial charge in [0, 0.05) is 12.2 Å². The van der Waals surface area contributed by atoms with Crippen LogP contribution in [0, 0.1) is 11.3 Å². The predicted octanol–water partition coefficient (Wildman–Crippen LogP) is 2.69. The van der Waals surface area contributed by atoms with Gasteiger partial charge in [0.25, 0.3) is 5.91 Å². The zero-order chi connectivity index (χ0) is 14.6. The summed E-state index contributed by atoms with van der Waals surface area (Å²) < 4.78 is 5.10. The summed E-state index contributed by atoms with van der Waals surface area (Å²) in [5.41, 5.74) is 6.90. The van der Waals surface area contributed by atoms with Gasteiger partial charge >= 0.3 is 0 Å². The van der Waals surface area contributed by atoms with Gasteiger partial charge in [-0.2, -0.15) is 0 Å². The van der Waals surface area contributed by atoms with E-state index in [9.17, 15) is 4.79 Å². The summed E-state index contributed by atoms with van der Waals surface area (Å²) in [5.74, 6) is 0.846. The van der Waals surface area contributed by atoms with Gasteiger partial charge in [0.2, 0.25) is 0 Å². The van der Waals surface area contributed by atoms with Gasteiger partial charge in [-0.1, -0.05) is 27.7 Å². The largest absolute Gasteiger partial charge is 0.497 e. The maximum atomic E-state index is 12.1. The Kier molecular flexibility index (Phi) is 4.81. The number of carbonyl (C=O) groups excluding carboxylic acids is 1. The van der Waals surface area contributed by atoms with Crippen LogP contribution in [0.2, 0.25) is 0 Å². The van der Waals surface area contributed by atoms with Gasteiger partial charge in [0.05, 0.1) is 12.7 Å². The quantitative estimate of drug-likeness (QED) is 0.822. The van der Waals surface area contributed by atoms with E-state index in [2.05, 4.69) is 33.0 Å². The molecule has 1 unspecified atom stereocenters. The van der Waals surface area contributed by atoms with Gasteiger partial charge in [-0.15, -0.1) is 0 Å². The summed E-state index contributed by atoms with van der Waals surface area (Å²) >= 11 is 0. The molecular weight excluding hydrogens is 240 g/mol. The third-order valence-corrected chi connectivity index (χ3v) is 3.55. The van der Waals surface area contributed by atoms with Crippen LogP contribution in [0.15, 0.2) is 18.2 Å². The van der Waals surface area contributed by atoms with Crippen molar-refractivity contribution in [2.45, 2.75) is 27.7 Å². The Morgan fingerprint density at radius 3 is 2.58 bits per heavy atom. The van der Waals surface area contributed by atoms with Crippen molar-refractivity contribution in [3.8, 4) is 5.75 Å². The highest BCUT2D eigenvalue weighted by molar-refractivity contribution is 5.99. The maximum absolute atomic E-state index is 12.1. The summed E-state index contributed by atoms with van der Waals surface area (Å²) in [6, 6.07) is 5.08. The summed E-state index contributed by atoms with van der Waals surface area (Å²) in [6.07, 6.45) is 0. The first-order valence-corrected chi connectivity index (χ1v) is 6.47. The second-order valence-corrected chi connectivity index (χ2v) is 5.93. The topological polar surface area (TPSA) is 64.3 Å². The van der Waals surface area contributed by atoms with E-state index < -0.39 is 0 Å². The molecule has 0 saturated heterocycles. The number of carbonyl (C=O) groups is 1. The molecule has 1 aromatic rings. The normalized spacial score (nSPS) is 12.9. The number of benzene rings is 1. The molecule has 1 atom stereocenters. The number of hydrogen-bond acceptors (Lipinski definition) is 3. The lowest BCUT2D eigenvalue weighted by Gasteiger charge is -2.27. The first-order valence-electron chi connectivity index (χ1n) is 6.47. The van der Waals surface area contributed by atoms with E-state index in [-0.39, 0.29) is 11.3 Å². The Bertz CT molecular complexity index is 450. The number of ether oxygens (including phenoxy) is 1. The van der Waals surface area contributed by atoms with E-state index in [1.165, 1.54) is 0 Å². The van der Waals surface area contributed by atoms with Crippen LogP contribution in [-0.4, -0.2) is 19.6 Å². The smallest absolute Gasteiger partial charge is 0.253 e. The van der Waals surface area contributed by atoms with Crippen molar-refractivity contribution in [1.29, 1.82) is 0 Å². The summed E-state index contributed by atoms with van der Waals surface area (Å²) in [6.45, 7) is 9.21. The van der Waals surface area contributed by atoms with Crippen molar-refractivity contribution in [2.24, 2.45) is 11.3 Å². The fourth-order valence-corrected chi connectivity index (χ4v) is 1.51. The Morgan fingerprint density at radius 1 is 1.42 bits per heavy atom. The van der Waals surface area contributed by atoms with Gasteiger partial charge in [-0.05, 0) is 29.5 Å². The summed E-state index contributed by atoms with van der Waals surface area (Å²) in [5, 5.41) is 2.92. The Balaban J connectivity index is 2.74. The molecule has 1 aromatic carbocycles. The molecule has 106 valence electrons. The molecule has 19 heavy (non-hydrogen) atoms. The van der Waals surface area contributed by atoms with E-state index in [4.69, 9.17) is 10.5 Å². The standard InChI is InChI=1S/C15H24N2O2/c1-10(15(2,3)4)9-17-14(18)12-8-11(19-5)6-7-13(12)16/h6-8,10H,9,16H2,1-5H3,(H,17,18). The van der Waals surface area contributed by atoms with Crippen LogP contribution in [0.25, 0.3) is 0 Å². The number of hydrogen-bond donors (Lipinski definition) is 2. The average Bonchev–Trinajstić information content (AvgIpc) is 2.34. The number of nitrogen functional groups attached to an aromatic ring is 1. The van der Waals surface area contributed by atoms with Gasteiger partial charge in [0.15, 0.2) is 0 Å². The molecule has 0 aliphatic heterocycles. The van der Waals surface area contributed by atoms with E-state index in [1.807, 2.05) is 0 Å². The molecule has 0 heterocycles. The molecule has 1 amide bonds. The van der Waals surface area contributed by atoms with Gasteiger partial charge in [0.1, 0.15) is 5.75 Å². The number of nitrogens with two attached hydrogens (primary N) is 1. The Labute approximate surface area is 115 Å². The fraction of sp³-hybridized carbons (Fsp3) is 0.533. The highest BCUT2D eigenvalue weighted by Crippen LogP contribution is 2.25. The second kappa shape index (κ2) is 5.95. The number of anilines is 1. The molecule has 1 rings (SSSR count). The lowest BCUT2D eigenvalue weighted by Crippen LogP contribution is -2.34. The van der Waals surface area contributed by atoms with Gasteiger partial charge < -0.3 is 15.8 Å². The molecule has 0 saturated carbocycles. The van der Waals surface area contributed by atoms with Crippen LogP contribution in [-0.2, 0) is 0 Å². The van der Waals surface area contributed by atoms with Crippen LogP contribution in [0.5, 0.6) is 5.75 Å². The zero-order valence-electron chi connectivity index (χ0n) is 12.4. The van der Waals surface area contributed by atoms with Crippen molar-refractivity contribution in [3.63, 3.8) is 0 Å². The highest BCUT2D eigenvalue weighted by atomic mass is 16.5. The molecule has 0 radical (unpaired) electrons. The molecule has 4 heteroatoms. The van der Waals surface area contributed by atoms with Crippen LogP contribution in [0.3, 0.4) is 0 Å². The molecule has 3 N–H and O–H groups in total. The minimum absolute atomic E-state index is 0.160. The summed E-state index contributed by atoms with van der Waals surface area (Å²) in [4.78, 5) is 12.1. The molecule has 0 aliphatic carbocycles. The highest BCUT2D eigenvalue weighted by Gasteiger charge is 2.21. The number of rotatable bonds is 4. The van der Waals surface area contributed by atoms with Crippen molar-refractivity contribution in [1.82, 2.24) is 5.32 Å². The van der Waals surface area contributed by atoms with Crippen LogP contribution >= 0.6 is 0 Å². The third-order valence-electron chi connectivity index (χ3n) is 3.55. The van der Waals surface area contributed by atoms with Crippen molar-refractivity contribution < 1.29 is 9.53 Å². The van der Waals surface area contributed by atoms with E-state index in [1.54, 1.807) is 25.3 Å². The fourth-order valence-electron chi connectivity index (χ4n) is 1.51. The van der Waals surface area contributed by atoms with Crippen LogP contribution in [0.4, 0.5) is 5.69 Å². The minimum atomic E-state index is -0.160. The van der Waals surface area contributed by atoms with E-state index >= 15 is 0 Å². The molecule has 0 aliphatic rings. The number of nitrogens with one attached hydrogen (secondary N) is 1. The maximum Gasteiger partial charge on any atom is 0.253 e. The lowest BCUT2D eigenvalue weighted by molar-refractivity contribution is 0.0937. The molecule has 0 fully saturated rings. The van der Waals surface area contributed by atoms with Gasteiger partial charge in [-0.3, -0.25) is 4.79 Å². The van der Waals surface area contributed by atoms with Crippen molar-refractivity contribution >= 4 is 11.6 Å². The van der Waals surface area contributed by atoms with E-state index in [0.717, 1.165) is 0 Å². The molecule has 0 spiro atoms. The predicted molar refractivity (Wildman–Crippen MR) is 78.4 cm³/mol. The van der Waals surface area contributed by atoms with Crippen molar-refractivity contribution in [2.75, 3.05) is 19.4 Å². The SMILES string of the molecule is COc1ccc(N)c(C(=O)NCC(C)C(C)(C)C)c1.